The fourth-order valence-corrected chi connectivity index (χ4v) is 3.10. The quantitative estimate of drug-likeness (QED) is 0.421. The minimum Gasteiger partial charge on any atom is -0.455 e. The minimum absolute atomic E-state index is 0.0226. The van der Waals surface area contributed by atoms with Crippen molar-refractivity contribution in [2.24, 2.45) is 5.10 Å². The maximum Gasteiger partial charge on any atom is 0.270 e. The molecule has 27 heavy (non-hydrogen) atoms. The largest absolute Gasteiger partial charge is 0.455 e. The Balaban J connectivity index is 1.61. The zero-order valence-corrected chi connectivity index (χ0v) is 15.9. The number of nitrogens with one attached hydrogen (secondary N) is 1. The third-order valence-electron chi connectivity index (χ3n) is 3.82. The molecule has 1 N–H and O–H groups in total. The van der Waals surface area contributed by atoms with Gasteiger partial charge in [-0.3, -0.25) is 14.9 Å². The fraction of sp³-hybridized carbons (Fsp3) is 0.294. The third kappa shape index (κ3) is 4.79. The lowest BCUT2D eigenvalue weighted by Gasteiger charge is -2.20. The average Bonchev–Trinajstić information content (AvgIpc) is 3.24. The highest BCUT2D eigenvalue weighted by Gasteiger charge is 2.33. The summed E-state index contributed by atoms with van der Waals surface area (Å²) >= 11 is 3.30. The van der Waals surface area contributed by atoms with Gasteiger partial charge in [0.2, 0.25) is 5.91 Å². The number of carbonyl (C=O) groups excluding carboxylic acids is 1. The molecule has 2 heterocycles. The van der Waals surface area contributed by atoms with Crippen molar-refractivity contribution in [1.82, 2.24) is 5.43 Å². The molecule has 0 aliphatic carbocycles. The molecule has 1 aromatic heterocycles. The van der Waals surface area contributed by atoms with Gasteiger partial charge in [-0.1, -0.05) is 0 Å². The van der Waals surface area contributed by atoms with E-state index >= 15 is 0 Å². The van der Waals surface area contributed by atoms with Crippen LogP contribution >= 0.6 is 15.9 Å². The Morgan fingerprint density at radius 2 is 2.11 bits per heavy atom. The molecule has 9 nitrogen and oxygen atoms in total. The van der Waals surface area contributed by atoms with E-state index in [9.17, 15) is 14.9 Å². The number of non-ortho nitro benzene ring substituents is 1. The SMILES string of the molecule is CC1(CC(=O)N/N=C\c2ccc(-c3ccc([N+](=O)[O-])cc3Br)o2)OCCO1. The van der Waals surface area contributed by atoms with E-state index in [4.69, 9.17) is 13.9 Å². The number of rotatable bonds is 6. The molecule has 1 saturated heterocycles. The van der Waals surface area contributed by atoms with Gasteiger partial charge in [-0.15, -0.1) is 0 Å². The molecule has 10 heteroatoms. The van der Waals surface area contributed by atoms with Crippen molar-refractivity contribution in [2.45, 2.75) is 19.1 Å². The number of hydrogen-bond acceptors (Lipinski definition) is 7. The third-order valence-corrected chi connectivity index (χ3v) is 4.47. The average molecular weight is 438 g/mol. The van der Waals surface area contributed by atoms with Crippen LogP contribution in [0.4, 0.5) is 5.69 Å². The number of furan rings is 1. The second-order valence-corrected chi connectivity index (χ2v) is 6.78. The molecular formula is C17H16BrN3O6. The second-order valence-electron chi connectivity index (χ2n) is 5.92. The van der Waals surface area contributed by atoms with Crippen LogP contribution in [0.15, 0.2) is 44.3 Å². The van der Waals surface area contributed by atoms with Crippen molar-refractivity contribution < 1.29 is 23.6 Å². The summed E-state index contributed by atoms with van der Waals surface area (Å²) in [7, 11) is 0. The number of nitro groups is 1. The van der Waals surface area contributed by atoms with E-state index in [2.05, 4.69) is 26.5 Å². The molecule has 0 saturated carbocycles. The molecule has 0 atom stereocenters. The Morgan fingerprint density at radius 1 is 1.37 bits per heavy atom. The molecule has 0 bridgehead atoms. The van der Waals surface area contributed by atoms with E-state index in [1.54, 1.807) is 25.1 Å². The number of hydrogen-bond donors (Lipinski definition) is 1. The molecular weight excluding hydrogens is 422 g/mol. The van der Waals surface area contributed by atoms with Crippen molar-refractivity contribution in [1.29, 1.82) is 0 Å². The molecule has 0 radical (unpaired) electrons. The number of benzene rings is 1. The first-order valence-electron chi connectivity index (χ1n) is 8.00. The normalized spacial score (nSPS) is 15.9. The molecule has 142 valence electrons. The molecule has 0 spiro atoms. The van der Waals surface area contributed by atoms with Gasteiger partial charge >= 0.3 is 0 Å². The number of carbonyl (C=O) groups is 1. The molecule has 1 aromatic carbocycles. The van der Waals surface area contributed by atoms with Crippen LogP contribution in [0.1, 0.15) is 19.1 Å². The number of nitro benzene ring substituents is 1. The molecule has 1 amide bonds. The number of ether oxygens (including phenoxy) is 2. The molecule has 2 aromatic rings. The van der Waals surface area contributed by atoms with Gasteiger partial charge < -0.3 is 13.9 Å². The van der Waals surface area contributed by atoms with Gasteiger partial charge in [0.1, 0.15) is 11.5 Å². The molecule has 1 aliphatic rings. The van der Waals surface area contributed by atoms with Crippen LogP contribution in [-0.4, -0.2) is 36.0 Å². The predicted octanol–water partition coefficient (Wildman–Crippen LogP) is 3.22. The fourth-order valence-electron chi connectivity index (χ4n) is 2.54. The van der Waals surface area contributed by atoms with E-state index in [0.29, 0.717) is 34.8 Å². The van der Waals surface area contributed by atoms with Crippen molar-refractivity contribution in [3.8, 4) is 11.3 Å². The lowest BCUT2D eigenvalue weighted by Crippen LogP contribution is -2.33. The van der Waals surface area contributed by atoms with Crippen LogP contribution in [0, 0.1) is 10.1 Å². The molecule has 3 rings (SSSR count). The van der Waals surface area contributed by atoms with Crippen molar-refractivity contribution in [3.05, 3.63) is 50.7 Å². The van der Waals surface area contributed by atoms with Gasteiger partial charge in [0, 0.05) is 22.2 Å². The molecule has 1 aliphatic heterocycles. The van der Waals surface area contributed by atoms with Crippen LogP contribution in [0.25, 0.3) is 11.3 Å². The summed E-state index contributed by atoms with van der Waals surface area (Å²) in [6.07, 6.45) is 1.39. The van der Waals surface area contributed by atoms with Gasteiger partial charge in [-0.2, -0.15) is 5.10 Å². The first-order valence-corrected chi connectivity index (χ1v) is 8.80. The number of amides is 1. The molecule has 1 fully saturated rings. The highest BCUT2D eigenvalue weighted by molar-refractivity contribution is 9.10. The first-order chi connectivity index (χ1) is 12.9. The monoisotopic (exact) mass is 437 g/mol. The first kappa shape index (κ1) is 19.2. The number of halogens is 1. The Hall–Kier alpha value is -2.56. The number of hydrazone groups is 1. The maximum absolute atomic E-state index is 11.9. The van der Waals surface area contributed by atoms with E-state index in [0.717, 1.165) is 0 Å². The smallest absolute Gasteiger partial charge is 0.270 e. The summed E-state index contributed by atoms with van der Waals surface area (Å²) in [6, 6.07) is 7.76. The summed E-state index contributed by atoms with van der Waals surface area (Å²) in [5.74, 6) is -0.347. The van der Waals surface area contributed by atoms with Crippen LogP contribution in [0.5, 0.6) is 0 Å². The van der Waals surface area contributed by atoms with Gasteiger partial charge in [0.05, 0.1) is 30.8 Å². The lowest BCUT2D eigenvalue weighted by atomic mass is 10.1. The van der Waals surface area contributed by atoms with Gasteiger partial charge in [0.15, 0.2) is 5.79 Å². The summed E-state index contributed by atoms with van der Waals surface area (Å²) in [5.41, 5.74) is 3.03. The van der Waals surface area contributed by atoms with E-state index in [-0.39, 0.29) is 18.0 Å². The maximum atomic E-state index is 11.9. The highest BCUT2D eigenvalue weighted by atomic mass is 79.9. The number of nitrogens with zero attached hydrogens (tertiary/aromatic N) is 2. The van der Waals surface area contributed by atoms with E-state index < -0.39 is 10.7 Å². The zero-order valence-electron chi connectivity index (χ0n) is 14.3. The van der Waals surface area contributed by atoms with Crippen LogP contribution < -0.4 is 5.43 Å². The van der Waals surface area contributed by atoms with Gasteiger partial charge in [-0.25, -0.2) is 5.43 Å². The summed E-state index contributed by atoms with van der Waals surface area (Å²) in [6.45, 7) is 2.62. The standard InChI is InChI=1S/C17H16BrN3O6/c1-17(25-6-7-26-17)9-16(22)20-19-10-12-3-5-15(27-12)13-4-2-11(21(23)24)8-14(13)18/h2-5,8,10H,6-7,9H2,1H3,(H,20,22)/b19-10-. The van der Waals surface area contributed by atoms with E-state index in [1.807, 2.05) is 0 Å². The van der Waals surface area contributed by atoms with Crippen LogP contribution in [0.2, 0.25) is 0 Å². The van der Waals surface area contributed by atoms with Crippen LogP contribution in [-0.2, 0) is 14.3 Å². The Labute approximate surface area is 162 Å². The summed E-state index contributed by atoms with van der Waals surface area (Å²) in [5, 5.41) is 14.7. The minimum atomic E-state index is -0.917. The summed E-state index contributed by atoms with van der Waals surface area (Å²) < 4.78 is 16.9. The predicted molar refractivity (Wildman–Crippen MR) is 99.2 cm³/mol. The van der Waals surface area contributed by atoms with E-state index in [1.165, 1.54) is 18.3 Å². The summed E-state index contributed by atoms with van der Waals surface area (Å²) in [4.78, 5) is 22.2. The second kappa shape index (κ2) is 7.99. The Kier molecular flexibility index (Phi) is 5.68. The highest BCUT2D eigenvalue weighted by Crippen LogP contribution is 2.32. The Morgan fingerprint density at radius 3 is 2.78 bits per heavy atom. The lowest BCUT2D eigenvalue weighted by molar-refractivity contribution is -0.384. The Bertz CT molecular complexity index is 889. The topological polar surface area (TPSA) is 116 Å². The van der Waals surface area contributed by atoms with Gasteiger partial charge in [-0.05, 0) is 41.1 Å². The van der Waals surface area contributed by atoms with Crippen molar-refractivity contribution in [2.75, 3.05) is 13.2 Å². The molecule has 0 unspecified atom stereocenters. The zero-order chi connectivity index (χ0) is 19.4. The van der Waals surface area contributed by atoms with Crippen LogP contribution in [0.3, 0.4) is 0 Å². The van der Waals surface area contributed by atoms with Crippen molar-refractivity contribution in [3.63, 3.8) is 0 Å². The van der Waals surface area contributed by atoms with Crippen molar-refractivity contribution >= 4 is 33.7 Å². The van der Waals surface area contributed by atoms with Gasteiger partial charge in [0.25, 0.3) is 5.69 Å².